The van der Waals surface area contributed by atoms with Gasteiger partial charge in [0.1, 0.15) is 0 Å². The second kappa shape index (κ2) is 4.63. The van der Waals surface area contributed by atoms with Crippen LogP contribution in [0, 0.1) is 5.92 Å². The third kappa shape index (κ3) is 1.96. The molecule has 2 rings (SSSR count). The molecule has 0 saturated carbocycles. The van der Waals surface area contributed by atoms with Crippen molar-refractivity contribution in [2.24, 2.45) is 5.92 Å². The minimum atomic E-state index is 0.820. The van der Waals surface area contributed by atoms with Crippen molar-refractivity contribution in [1.29, 1.82) is 0 Å². The van der Waals surface area contributed by atoms with Gasteiger partial charge < -0.3 is 5.32 Å². The van der Waals surface area contributed by atoms with Crippen molar-refractivity contribution in [2.45, 2.75) is 51.6 Å². The molecular formula is C12H24N2. The molecule has 0 aliphatic carbocycles. The first-order valence-corrected chi connectivity index (χ1v) is 6.29. The normalized spacial score (nSPS) is 40.3. The van der Waals surface area contributed by atoms with E-state index in [2.05, 4.69) is 24.1 Å². The Hall–Kier alpha value is -0.0800. The largest absolute Gasteiger partial charge is 0.315 e. The van der Waals surface area contributed by atoms with Gasteiger partial charge in [-0.15, -0.1) is 0 Å². The molecule has 2 heterocycles. The third-order valence-electron chi connectivity index (χ3n) is 4.05. The van der Waals surface area contributed by atoms with Crippen LogP contribution in [0.3, 0.4) is 0 Å². The Morgan fingerprint density at radius 1 is 1.29 bits per heavy atom. The predicted molar refractivity (Wildman–Crippen MR) is 60.5 cm³/mol. The van der Waals surface area contributed by atoms with Gasteiger partial charge in [0.2, 0.25) is 0 Å². The van der Waals surface area contributed by atoms with E-state index in [4.69, 9.17) is 0 Å². The van der Waals surface area contributed by atoms with Crippen LogP contribution in [0.5, 0.6) is 0 Å². The Labute approximate surface area is 88.1 Å². The number of piperidine rings is 1. The van der Waals surface area contributed by atoms with Gasteiger partial charge in [-0.1, -0.05) is 20.3 Å². The van der Waals surface area contributed by atoms with Gasteiger partial charge in [0.15, 0.2) is 0 Å². The van der Waals surface area contributed by atoms with E-state index in [9.17, 15) is 0 Å². The number of hydrogen-bond acceptors (Lipinski definition) is 2. The molecule has 14 heavy (non-hydrogen) atoms. The standard InChI is InChI=1S/C12H24N2/c1-3-11-6-4-5-7-14(11)12-9-13-8-10(12)2/h10-13H,3-9H2,1-2H3. The molecule has 82 valence electrons. The lowest BCUT2D eigenvalue weighted by molar-refractivity contribution is 0.0822. The molecule has 3 unspecified atom stereocenters. The fourth-order valence-electron chi connectivity index (χ4n) is 3.14. The summed E-state index contributed by atoms with van der Waals surface area (Å²) in [5.74, 6) is 0.849. The molecule has 0 radical (unpaired) electrons. The summed E-state index contributed by atoms with van der Waals surface area (Å²) in [7, 11) is 0. The lowest BCUT2D eigenvalue weighted by Crippen LogP contribution is -2.49. The SMILES string of the molecule is CCC1CCCCN1C1CNCC1C. The molecule has 0 aromatic rings. The minimum absolute atomic E-state index is 0.820. The fourth-order valence-corrected chi connectivity index (χ4v) is 3.14. The average Bonchev–Trinajstić information content (AvgIpc) is 2.64. The Bertz CT molecular complexity index is 181. The van der Waals surface area contributed by atoms with Crippen LogP contribution in [-0.4, -0.2) is 36.6 Å². The summed E-state index contributed by atoms with van der Waals surface area (Å²) in [6.45, 7) is 8.52. The molecule has 0 amide bonds. The maximum Gasteiger partial charge on any atom is 0.0261 e. The van der Waals surface area contributed by atoms with Gasteiger partial charge in [0.25, 0.3) is 0 Å². The summed E-state index contributed by atoms with van der Waals surface area (Å²) in [6, 6.07) is 1.69. The number of rotatable bonds is 2. The second-order valence-corrected chi connectivity index (χ2v) is 5.00. The molecule has 2 saturated heterocycles. The van der Waals surface area contributed by atoms with Gasteiger partial charge in [-0.2, -0.15) is 0 Å². The van der Waals surface area contributed by atoms with Gasteiger partial charge in [0, 0.05) is 18.6 Å². The van der Waals surface area contributed by atoms with Gasteiger partial charge in [-0.05, 0) is 38.3 Å². The van der Waals surface area contributed by atoms with Crippen LogP contribution in [0.1, 0.15) is 39.5 Å². The maximum absolute atomic E-state index is 3.52. The summed E-state index contributed by atoms with van der Waals surface area (Å²) >= 11 is 0. The zero-order valence-corrected chi connectivity index (χ0v) is 9.63. The van der Waals surface area contributed by atoms with Crippen molar-refractivity contribution in [1.82, 2.24) is 10.2 Å². The highest BCUT2D eigenvalue weighted by atomic mass is 15.2. The summed E-state index contributed by atoms with van der Waals surface area (Å²) in [6.07, 6.45) is 5.63. The predicted octanol–water partition coefficient (Wildman–Crippen LogP) is 1.86. The summed E-state index contributed by atoms with van der Waals surface area (Å²) in [4.78, 5) is 2.79. The summed E-state index contributed by atoms with van der Waals surface area (Å²) < 4.78 is 0. The average molecular weight is 196 g/mol. The molecular weight excluding hydrogens is 172 g/mol. The van der Waals surface area contributed by atoms with Crippen LogP contribution >= 0.6 is 0 Å². The van der Waals surface area contributed by atoms with Gasteiger partial charge in [0.05, 0.1) is 0 Å². The molecule has 2 nitrogen and oxygen atoms in total. The van der Waals surface area contributed by atoms with Crippen molar-refractivity contribution in [3.63, 3.8) is 0 Å². The summed E-state index contributed by atoms with van der Waals surface area (Å²) in [5.41, 5.74) is 0. The van der Waals surface area contributed by atoms with E-state index < -0.39 is 0 Å². The minimum Gasteiger partial charge on any atom is -0.315 e. The van der Waals surface area contributed by atoms with Crippen LogP contribution in [0.4, 0.5) is 0 Å². The van der Waals surface area contributed by atoms with Crippen LogP contribution in [0.15, 0.2) is 0 Å². The molecule has 2 aliphatic rings. The molecule has 0 spiro atoms. The number of likely N-dealkylation sites (tertiary alicyclic amines) is 1. The topological polar surface area (TPSA) is 15.3 Å². The third-order valence-corrected chi connectivity index (χ3v) is 4.05. The van der Waals surface area contributed by atoms with Crippen LogP contribution in [-0.2, 0) is 0 Å². The molecule has 0 aromatic heterocycles. The van der Waals surface area contributed by atoms with E-state index in [0.29, 0.717) is 0 Å². The first-order valence-electron chi connectivity index (χ1n) is 6.29. The monoisotopic (exact) mass is 196 g/mol. The van der Waals surface area contributed by atoms with Crippen molar-refractivity contribution in [3.8, 4) is 0 Å². The van der Waals surface area contributed by atoms with Crippen molar-refractivity contribution >= 4 is 0 Å². The fraction of sp³-hybridized carbons (Fsp3) is 1.00. The highest BCUT2D eigenvalue weighted by molar-refractivity contribution is 4.90. The van der Waals surface area contributed by atoms with E-state index in [1.165, 1.54) is 45.3 Å². The first-order chi connectivity index (χ1) is 6.83. The van der Waals surface area contributed by atoms with E-state index in [1.54, 1.807) is 0 Å². The van der Waals surface area contributed by atoms with E-state index in [-0.39, 0.29) is 0 Å². The highest BCUT2D eigenvalue weighted by Crippen LogP contribution is 2.26. The Kier molecular flexibility index (Phi) is 3.45. The van der Waals surface area contributed by atoms with E-state index >= 15 is 0 Å². The summed E-state index contributed by atoms with van der Waals surface area (Å²) in [5, 5.41) is 3.52. The van der Waals surface area contributed by atoms with E-state index in [0.717, 1.165) is 18.0 Å². The lowest BCUT2D eigenvalue weighted by atomic mass is 9.94. The Balaban J connectivity index is 1.99. The smallest absolute Gasteiger partial charge is 0.0261 e. The molecule has 2 aliphatic heterocycles. The zero-order valence-electron chi connectivity index (χ0n) is 9.63. The molecule has 2 heteroatoms. The van der Waals surface area contributed by atoms with Gasteiger partial charge >= 0.3 is 0 Å². The maximum atomic E-state index is 3.52. The first kappa shape index (κ1) is 10.4. The number of hydrogen-bond donors (Lipinski definition) is 1. The van der Waals surface area contributed by atoms with Gasteiger partial charge in [-0.3, -0.25) is 4.90 Å². The lowest BCUT2D eigenvalue weighted by Gasteiger charge is -2.40. The second-order valence-electron chi connectivity index (χ2n) is 5.00. The Morgan fingerprint density at radius 3 is 2.79 bits per heavy atom. The van der Waals surface area contributed by atoms with Crippen molar-refractivity contribution in [3.05, 3.63) is 0 Å². The van der Waals surface area contributed by atoms with E-state index in [1.807, 2.05) is 0 Å². The molecule has 3 atom stereocenters. The molecule has 0 bridgehead atoms. The zero-order chi connectivity index (χ0) is 9.97. The highest BCUT2D eigenvalue weighted by Gasteiger charge is 2.33. The van der Waals surface area contributed by atoms with Gasteiger partial charge in [-0.25, -0.2) is 0 Å². The molecule has 1 N–H and O–H groups in total. The number of nitrogens with one attached hydrogen (secondary N) is 1. The Morgan fingerprint density at radius 2 is 2.14 bits per heavy atom. The number of nitrogens with zero attached hydrogens (tertiary/aromatic N) is 1. The van der Waals surface area contributed by atoms with Crippen molar-refractivity contribution in [2.75, 3.05) is 19.6 Å². The van der Waals surface area contributed by atoms with Crippen LogP contribution in [0.2, 0.25) is 0 Å². The van der Waals surface area contributed by atoms with Crippen LogP contribution in [0.25, 0.3) is 0 Å². The molecule has 0 aromatic carbocycles. The van der Waals surface area contributed by atoms with Crippen LogP contribution < -0.4 is 5.32 Å². The molecule has 2 fully saturated rings. The van der Waals surface area contributed by atoms with Crippen molar-refractivity contribution < 1.29 is 0 Å². The quantitative estimate of drug-likeness (QED) is 0.725.